The van der Waals surface area contributed by atoms with Gasteiger partial charge in [-0.1, -0.05) is 54.6 Å². The van der Waals surface area contributed by atoms with Gasteiger partial charge in [-0.05, 0) is 58.0 Å². The second kappa shape index (κ2) is 8.23. The number of aromatic nitrogens is 2. The Hall–Kier alpha value is -4.58. The Morgan fingerprint density at radius 3 is 2.08 bits per heavy atom. The van der Waals surface area contributed by atoms with Gasteiger partial charge in [0.25, 0.3) is 0 Å². The summed E-state index contributed by atoms with van der Waals surface area (Å²) in [6.07, 6.45) is 4.22. The summed E-state index contributed by atoms with van der Waals surface area (Å²) in [6.45, 7) is 0. The van der Waals surface area contributed by atoms with Gasteiger partial charge in [-0.15, -0.1) is 0 Å². The minimum absolute atomic E-state index is 0.0497. The predicted molar refractivity (Wildman–Crippen MR) is 144 cm³/mol. The van der Waals surface area contributed by atoms with E-state index in [0.29, 0.717) is 11.6 Å². The van der Waals surface area contributed by atoms with E-state index in [4.69, 9.17) is 9.72 Å². The van der Waals surface area contributed by atoms with Crippen LogP contribution in [0.2, 0.25) is 0 Å². The minimum Gasteiger partial charge on any atom is -0.508 e. The summed E-state index contributed by atoms with van der Waals surface area (Å²) < 4.78 is 6.26. The number of rotatable bonds is 4. The van der Waals surface area contributed by atoms with Crippen LogP contribution < -0.4 is 4.74 Å². The van der Waals surface area contributed by atoms with E-state index in [-0.39, 0.29) is 34.7 Å². The SMILES string of the molecule is Oc1cc(O)c(-c2nc(OC3CCCC3)cc(-c3ccc4ccc5cccc6ccc3c4c56)n2)c(O)c1. The molecule has 6 nitrogen and oxygen atoms in total. The fourth-order valence-corrected chi connectivity index (χ4v) is 5.70. The van der Waals surface area contributed by atoms with Crippen LogP contribution in [0.25, 0.3) is 55.0 Å². The Labute approximate surface area is 212 Å². The summed E-state index contributed by atoms with van der Waals surface area (Å²) in [5.74, 6) is -0.339. The van der Waals surface area contributed by atoms with Gasteiger partial charge in [0.05, 0.1) is 5.69 Å². The summed E-state index contributed by atoms with van der Waals surface area (Å²) in [5, 5.41) is 37.9. The van der Waals surface area contributed by atoms with Crippen molar-refractivity contribution in [3.05, 3.63) is 72.8 Å². The van der Waals surface area contributed by atoms with E-state index >= 15 is 0 Å². The Morgan fingerprint density at radius 2 is 1.35 bits per heavy atom. The summed E-state index contributed by atoms with van der Waals surface area (Å²) in [7, 11) is 0. The van der Waals surface area contributed by atoms with Crippen LogP contribution in [0.5, 0.6) is 23.1 Å². The fourth-order valence-electron chi connectivity index (χ4n) is 5.70. The maximum Gasteiger partial charge on any atom is 0.217 e. The number of aromatic hydroxyl groups is 3. The van der Waals surface area contributed by atoms with E-state index in [2.05, 4.69) is 53.5 Å². The van der Waals surface area contributed by atoms with Gasteiger partial charge in [0.2, 0.25) is 5.88 Å². The van der Waals surface area contributed by atoms with Crippen LogP contribution in [-0.2, 0) is 0 Å². The van der Waals surface area contributed by atoms with Crippen molar-refractivity contribution in [3.63, 3.8) is 0 Å². The monoisotopic (exact) mass is 488 g/mol. The van der Waals surface area contributed by atoms with E-state index in [1.54, 1.807) is 0 Å². The van der Waals surface area contributed by atoms with Crippen LogP contribution in [0.4, 0.5) is 0 Å². The van der Waals surface area contributed by atoms with Gasteiger partial charge in [-0.2, -0.15) is 4.98 Å². The van der Waals surface area contributed by atoms with Crippen LogP contribution in [0, 0.1) is 0 Å². The highest BCUT2D eigenvalue weighted by atomic mass is 16.5. The second-order valence-electron chi connectivity index (χ2n) is 9.77. The van der Waals surface area contributed by atoms with Crippen molar-refractivity contribution in [1.29, 1.82) is 0 Å². The van der Waals surface area contributed by atoms with Crippen LogP contribution in [-0.4, -0.2) is 31.4 Å². The van der Waals surface area contributed by atoms with Crippen molar-refractivity contribution in [2.75, 3.05) is 0 Å². The first-order valence-corrected chi connectivity index (χ1v) is 12.5. The molecule has 3 N–H and O–H groups in total. The normalized spacial score (nSPS) is 14.3. The highest BCUT2D eigenvalue weighted by Gasteiger charge is 2.22. The Kier molecular flexibility index (Phi) is 4.83. The molecule has 0 aliphatic heterocycles. The Morgan fingerprint density at radius 1 is 0.703 bits per heavy atom. The number of ether oxygens (including phenoxy) is 1. The van der Waals surface area contributed by atoms with E-state index in [0.717, 1.165) is 42.0 Å². The van der Waals surface area contributed by atoms with Crippen molar-refractivity contribution in [3.8, 4) is 45.8 Å². The molecule has 5 aromatic carbocycles. The average Bonchev–Trinajstić information content (AvgIpc) is 3.39. The first-order chi connectivity index (χ1) is 18.0. The lowest BCUT2D eigenvalue weighted by Gasteiger charge is -2.17. The first kappa shape index (κ1) is 21.7. The number of phenolic OH excluding ortho intramolecular Hbond substituents is 3. The molecular formula is C31H24N2O4. The van der Waals surface area contributed by atoms with E-state index < -0.39 is 0 Å². The van der Waals surface area contributed by atoms with Gasteiger partial charge in [0, 0.05) is 23.8 Å². The van der Waals surface area contributed by atoms with Gasteiger partial charge in [0.15, 0.2) is 5.82 Å². The summed E-state index contributed by atoms with van der Waals surface area (Å²) in [6, 6.07) is 23.2. The summed E-state index contributed by atoms with van der Waals surface area (Å²) in [4.78, 5) is 9.36. The third kappa shape index (κ3) is 3.56. The Bertz CT molecular complexity index is 1770. The number of phenols is 3. The molecule has 6 aromatic rings. The Balaban J connectivity index is 1.48. The van der Waals surface area contributed by atoms with E-state index in [9.17, 15) is 15.3 Å². The molecule has 6 heteroatoms. The van der Waals surface area contributed by atoms with Crippen LogP contribution in [0.15, 0.2) is 72.8 Å². The van der Waals surface area contributed by atoms with Crippen molar-refractivity contribution >= 4 is 32.3 Å². The zero-order chi connectivity index (χ0) is 25.1. The first-order valence-electron chi connectivity index (χ1n) is 12.5. The molecule has 0 amide bonds. The number of benzene rings is 5. The quantitative estimate of drug-likeness (QED) is 0.228. The highest BCUT2D eigenvalue weighted by Crippen LogP contribution is 2.42. The highest BCUT2D eigenvalue weighted by molar-refractivity contribution is 6.25. The van der Waals surface area contributed by atoms with Crippen molar-refractivity contribution in [2.45, 2.75) is 31.8 Å². The van der Waals surface area contributed by atoms with Gasteiger partial charge in [-0.3, -0.25) is 0 Å². The zero-order valence-electron chi connectivity index (χ0n) is 20.0. The van der Waals surface area contributed by atoms with Crippen LogP contribution >= 0.6 is 0 Å². The van der Waals surface area contributed by atoms with E-state index in [1.807, 2.05) is 12.1 Å². The molecule has 1 fully saturated rings. The lowest BCUT2D eigenvalue weighted by molar-refractivity contribution is 0.201. The smallest absolute Gasteiger partial charge is 0.217 e. The third-order valence-electron chi connectivity index (χ3n) is 7.40. The molecule has 1 saturated carbocycles. The molecule has 0 unspecified atom stereocenters. The number of hydrogen-bond donors (Lipinski definition) is 3. The molecule has 182 valence electrons. The molecule has 1 heterocycles. The van der Waals surface area contributed by atoms with Crippen LogP contribution in [0.3, 0.4) is 0 Å². The lowest BCUT2D eigenvalue weighted by Crippen LogP contribution is -2.12. The van der Waals surface area contributed by atoms with Crippen molar-refractivity contribution in [1.82, 2.24) is 9.97 Å². The fraction of sp³-hybridized carbons (Fsp3) is 0.161. The van der Waals surface area contributed by atoms with Gasteiger partial charge in [0.1, 0.15) is 28.9 Å². The standard InChI is InChI=1S/C31H24N2O4/c34-20-14-25(35)30(26(36)15-20)31-32-24(16-27(33-31)37-21-6-1-2-7-21)22-12-10-19-9-8-17-4-3-5-18-11-13-23(22)29(19)28(17)18/h3-5,8-16,21,34-36H,1-2,6-7H2. The van der Waals surface area contributed by atoms with Gasteiger partial charge in [-0.25, -0.2) is 4.98 Å². The molecule has 37 heavy (non-hydrogen) atoms. The molecule has 0 radical (unpaired) electrons. The molecule has 0 saturated heterocycles. The van der Waals surface area contributed by atoms with Crippen molar-refractivity contribution in [2.24, 2.45) is 0 Å². The largest absolute Gasteiger partial charge is 0.508 e. The average molecular weight is 489 g/mol. The van der Waals surface area contributed by atoms with Crippen molar-refractivity contribution < 1.29 is 20.1 Å². The zero-order valence-corrected chi connectivity index (χ0v) is 20.0. The van der Waals surface area contributed by atoms with Gasteiger partial charge < -0.3 is 20.1 Å². The molecule has 1 aromatic heterocycles. The minimum atomic E-state index is -0.308. The van der Waals surface area contributed by atoms with Gasteiger partial charge >= 0.3 is 0 Å². The number of hydrogen-bond acceptors (Lipinski definition) is 6. The summed E-state index contributed by atoms with van der Waals surface area (Å²) >= 11 is 0. The predicted octanol–water partition coefficient (Wildman–Crippen LogP) is 7.15. The second-order valence-corrected chi connectivity index (χ2v) is 9.77. The summed E-state index contributed by atoms with van der Waals surface area (Å²) in [5.41, 5.74) is 1.58. The van der Waals surface area contributed by atoms with Crippen LogP contribution in [0.1, 0.15) is 25.7 Å². The number of nitrogens with zero attached hydrogens (tertiary/aromatic N) is 2. The molecule has 7 rings (SSSR count). The lowest BCUT2D eigenvalue weighted by atomic mass is 9.91. The topological polar surface area (TPSA) is 95.7 Å². The molecule has 0 spiro atoms. The molecule has 0 atom stereocenters. The molecule has 1 aliphatic rings. The maximum absolute atomic E-state index is 10.6. The molecule has 0 bridgehead atoms. The molecular weight excluding hydrogens is 464 g/mol. The maximum atomic E-state index is 10.6. The van der Waals surface area contributed by atoms with E-state index in [1.165, 1.54) is 33.7 Å². The third-order valence-corrected chi connectivity index (χ3v) is 7.40. The molecule has 1 aliphatic carbocycles.